The molecule has 0 N–H and O–H groups in total. The molecular weight excluding hydrogens is 242 g/mol. The van der Waals surface area contributed by atoms with E-state index in [0.29, 0.717) is 19.6 Å². The van der Waals surface area contributed by atoms with Crippen molar-refractivity contribution in [3.63, 3.8) is 0 Å². The summed E-state index contributed by atoms with van der Waals surface area (Å²) in [7, 11) is -2.41. The zero-order valence-corrected chi connectivity index (χ0v) is 12.1. The van der Waals surface area contributed by atoms with Gasteiger partial charge in [0.2, 0.25) is 0 Å². The number of hydrogen-bond acceptors (Lipinski definition) is 3. The number of unbranched alkanes of at least 4 members (excludes halogenated alkanes) is 4. The molecule has 94 valence electrons. The van der Waals surface area contributed by atoms with Gasteiger partial charge in [0.1, 0.15) is 0 Å². The first-order chi connectivity index (χ1) is 7.68. The van der Waals surface area contributed by atoms with E-state index in [0.717, 1.165) is 31.7 Å². The highest BCUT2D eigenvalue weighted by atomic mass is 35.6. The smallest absolute Gasteiger partial charge is 0.383 e. The van der Waals surface area contributed by atoms with E-state index in [1.165, 1.54) is 0 Å². The van der Waals surface area contributed by atoms with Crippen molar-refractivity contribution in [2.24, 2.45) is 0 Å². The lowest BCUT2D eigenvalue weighted by Gasteiger charge is -2.22. The average molecular weight is 264 g/mol. The molecule has 5 heteroatoms. The van der Waals surface area contributed by atoms with E-state index in [1.54, 1.807) is 0 Å². The van der Waals surface area contributed by atoms with Gasteiger partial charge in [-0.15, -0.1) is 0 Å². The van der Waals surface area contributed by atoms with E-state index < -0.39 is 7.87 Å². The van der Waals surface area contributed by atoms with Gasteiger partial charge in [-0.2, -0.15) is 5.26 Å². The lowest BCUT2D eigenvalue weighted by molar-refractivity contribution is 0.202. The summed E-state index contributed by atoms with van der Waals surface area (Å²) >= 11 is 6.32. The van der Waals surface area contributed by atoms with Gasteiger partial charge >= 0.3 is 7.87 Å². The topological polar surface area (TPSA) is 42.2 Å². The molecule has 0 spiro atoms. The Morgan fingerprint density at radius 2 is 1.62 bits per heavy atom. The van der Waals surface area contributed by atoms with Crippen molar-refractivity contribution >= 4 is 18.9 Å². The molecule has 0 heterocycles. The fourth-order valence-corrected chi connectivity index (χ4v) is 4.47. The quantitative estimate of drug-likeness (QED) is 0.343. The van der Waals surface area contributed by atoms with Gasteiger partial charge in [-0.1, -0.05) is 30.3 Å². The van der Waals surface area contributed by atoms with E-state index in [1.807, 2.05) is 13.8 Å². The second-order valence-electron chi connectivity index (χ2n) is 3.60. The number of nitriles is 1. The maximum absolute atomic E-state index is 8.39. The second-order valence-corrected chi connectivity index (χ2v) is 7.72. The summed E-state index contributed by atoms with van der Waals surface area (Å²) in [5.41, 5.74) is 0. The molecule has 0 aliphatic carbocycles. The largest absolute Gasteiger partial charge is 0.443 e. The highest BCUT2D eigenvalue weighted by Crippen LogP contribution is 2.22. The van der Waals surface area contributed by atoms with Crippen LogP contribution < -0.4 is 0 Å². The fourth-order valence-electron chi connectivity index (χ4n) is 1.51. The van der Waals surface area contributed by atoms with Crippen molar-refractivity contribution in [1.29, 1.82) is 5.26 Å². The van der Waals surface area contributed by atoms with Gasteiger partial charge in [0.25, 0.3) is 0 Å². The molecule has 0 rings (SSSR count). The van der Waals surface area contributed by atoms with Gasteiger partial charge < -0.3 is 8.85 Å². The minimum absolute atomic E-state index is 0.615. The Morgan fingerprint density at radius 3 is 2.12 bits per heavy atom. The molecular formula is C11H22ClNO2Si. The van der Waals surface area contributed by atoms with Crippen molar-refractivity contribution in [2.45, 2.75) is 52.0 Å². The molecule has 0 amide bonds. The number of nitrogens with zero attached hydrogens (tertiary/aromatic N) is 1. The third-order valence-corrected chi connectivity index (χ3v) is 5.85. The second kappa shape index (κ2) is 10.1. The predicted octanol–water partition coefficient (Wildman–Crippen LogP) is 3.71. The van der Waals surface area contributed by atoms with E-state index in [-0.39, 0.29) is 0 Å². The van der Waals surface area contributed by atoms with Gasteiger partial charge in [0, 0.05) is 25.7 Å². The van der Waals surface area contributed by atoms with Crippen molar-refractivity contribution in [3.05, 3.63) is 0 Å². The summed E-state index contributed by atoms with van der Waals surface area (Å²) in [6.45, 7) is 5.11. The van der Waals surface area contributed by atoms with Gasteiger partial charge in [0.15, 0.2) is 0 Å². The molecule has 0 aliphatic rings. The Labute approximate surface area is 105 Å². The lowest BCUT2D eigenvalue weighted by atomic mass is 10.2. The summed E-state index contributed by atoms with van der Waals surface area (Å²) in [6.07, 6.45) is 4.86. The highest BCUT2D eigenvalue weighted by Gasteiger charge is 2.34. The molecule has 0 radical (unpaired) electrons. The molecule has 3 nitrogen and oxygen atoms in total. The Balaban J connectivity index is 3.64. The molecule has 0 bridgehead atoms. The zero-order chi connectivity index (χ0) is 12.3. The van der Waals surface area contributed by atoms with Crippen LogP contribution in [0.15, 0.2) is 0 Å². The summed E-state index contributed by atoms with van der Waals surface area (Å²) in [5.74, 6) is 0. The molecule has 0 saturated carbocycles. The number of halogens is 1. The molecule has 0 fully saturated rings. The fraction of sp³-hybridized carbons (Fsp3) is 0.909. The molecule has 16 heavy (non-hydrogen) atoms. The Bertz CT molecular complexity index is 203. The average Bonchev–Trinajstić information content (AvgIpc) is 2.24. The van der Waals surface area contributed by atoms with Crippen molar-refractivity contribution in [2.75, 3.05) is 13.2 Å². The molecule has 0 saturated heterocycles. The third-order valence-electron chi connectivity index (χ3n) is 2.23. The Morgan fingerprint density at radius 1 is 1.06 bits per heavy atom. The highest BCUT2D eigenvalue weighted by molar-refractivity contribution is 7.12. The number of rotatable bonds is 10. The minimum atomic E-state index is -2.41. The zero-order valence-electron chi connectivity index (χ0n) is 10.3. The van der Waals surface area contributed by atoms with Gasteiger partial charge in [-0.05, 0) is 20.3 Å². The minimum Gasteiger partial charge on any atom is -0.383 e. The van der Waals surface area contributed by atoms with Crippen LogP contribution in [0.2, 0.25) is 6.04 Å². The van der Waals surface area contributed by atoms with Crippen LogP contribution in [0.1, 0.15) is 46.0 Å². The van der Waals surface area contributed by atoms with Crippen molar-refractivity contribution in [1.82, 2.24) is 0 Å². The lowest BCUT2D eigenvalue weighted by Crippen LogP contribution is -2.36. The monoisotopic (exact) mass is 263 g/mol. The SMILES string of the molecule is CCO[Si](Cl)(CCCCCCC#N)OCC. The molecule has 0 aromatic carbocycles. The summed E-state index contributed by atoms with van der Waals surface area (Å²) < 4.78 is 11.1. The maximum Gasteiger partial charge on any atom is 0.443 e. The van der Waals surface area contributed by atoms with Crippen LogP contribution in [0.3, 0.4) is 0 Å². The molecule has 0 aromatic heterocycles. The van der Waals surface area contributed by atoms with E-state index in [4.69, 9.17) is 25.2 Å². The van der Waals surface area contributed by atoms with Gasteiger partial charge in [0.05, 0.1) is 6.07 Å². The van der Waals surface area contributed by atoms with Crippen LogP contribution in [0.4, 0.5) is 0 Å². The van der Waals surface area contributed by atoms with Crippen molar-refractivity contribution < 1.29 is 8.85 Å². The van der Waals surface area contributed by atoms with Crippen LogP contribution in [-0.2, 0) is 8.85 Å². The van der Waals surface area contributed by atoms with Crippen LogP contribution in [0.5, 0.6) is 0 Å². The molecule has 0 atom stereocenters. The third kappa shape index (κ3) is 8.11. The van der Waals surface area contributed by atoms with E-state index in [9.17, 15) is 0 Å². The maximum atomic E-state index is 8.39. The first kappa shape index (κ1) is 15.9. The molecule has 0 unspecified atom stereocenters. The summed E-state index contributed by atoms with van der Waals surface area (Å²) in [6, 6.07) is 2.98. The number of hydrogen-bond donors (Lipinski definition) is 0. The summed E-state index contributed by atoms with van der Waals surface area (Å²) in [5, 5.41) is 8.39. The summed E-state index contributed by atoms with van der Waals surface area (Å²) in [4.78, 5) is 0. The van der Waals surface area contributed by atoms with Gasteiger partial charge in [-0.3, -0.25) is 0 Å². The van der Waals surface area contributed by atoms with Crippen LogP contribution in [0, 0.1) is 11.3 Å². The first-order valence-corrected chi connectivity index (χ1v) is 9.05. The van der Waals surface area contributed by atoms with E-state index >= 15 is 0 Å². The Hall–Kier alpha value is -0.0831. The predicted molar refractivity (Wildman–Crippen MR) is 68.4 cm³/mol. The van der Waals surface area contributed by atoms with E-state index in [2.05, 4.69) is 6.07 Å². The van der Waals surface area contributed by atoms with Gasteiger partial charge in [-0.25, -0.2) is 0 Å². The first-order valence-electron chi connectivity index (χ1n) is 6.02. The van der Waals surface area contributed by atoms with Crippen LogP contribution in [-0.4, -0.2) is 21.1 Å². The van der Waals surface area contributed by atoms with Crippen LogP contribution >= 0.6 is 11.1 Å². The molecule has 0 aliphatic heterocycles. The normalized spacial score (nSPS) is 11.4. The Kier molecular flexibility index (Phi) is 10.0. The molecule has 0 aromatic rings. The van der Waals surface area contributed by atoms with Crippen molar-refractivity contribution in [3.8, 4) is 6.07 Å². The standard InChI is InChI=1S/C11H22ClNO2Si/c1-3-14-16(12,15-4-2)11-9-7-5-6-8-10-13/h3-9,11H2,1-2H3. The van der Waals surface area contributed by atoms with Crippen LogP contribution in [0.25, 0.3) is 0 Å².